The molecule has 0 amide bonds. The molecular weight excluding hydrogens is 238 g/mol. The van der Waals surface area contributed by atoms with Crippen LogP contribution in [-0.4, -0.2) is 37.6 Å². The van der Waals surface area contributed by atoms with Crippen molar-refractivity contribution in [1.82, 2.24) is 10.2 Å². The van der Waals surface area contributed by atoms with Crippen molar-refractivity contribution in [2.75, 3.05) is 0 Å². The van der Waals surface area contributed by atoms with Crippen molar-refractivity contribution in [2.45, 2.75) is 12.2 Å². The molecule has 1 heterocycles. The van der Waals surface area contributed by atoms with Crippen LogP contribution in [-0.2, 0) is 0 Å². The van der Waals surface area contributed by atoms with E-state index in [1.54, 1.807) is 0 Å². The molecule has 0 saturated heterocycles. The lowest BCUT2D eigenvalue weighted by Gasteiger charge is -2.11. The van der Waals surface area contributed by atoms with E-state index in [0.29, 0.717) is 10.9 Å². The van der Waals surface area contributed by atoms with Crippen LogP contribution in [0, 0.1) is 11.3 Å². The second-order valence-electron chi connectivity index (χ2n) is 3.70. The number of rotatable bonds is 3. The summed E-state index contributed by atoms with van der Waals surface area (Å²) in [5.74, 6) is -1.20. The van der Waals surface area contributed by atoms with Gasteiger partial charge in [-0.15, -0.1) is 0 Å². The third-order valence-electron chi connectivity index (χ3n) is 2.56. The Hall–Kier alpha value is -2.43. The molecule has 7 nitrogen and oxygen atoms in total. The van der Waals surface area contributed by atoms with Gasteiger partial charge in [0, 0.05) is 5.39 Å². The minimum Gasteiger partial charge on any atom is -0.476 e. The number of H-pyrrole nitrogens is 1. The van der Waals surface area contributed by atoms with Gasteiger partial charge in [-0.2, -0.15) is 10.4 Å². The summed E-state index contributed by atoms with van der Waals surface area (Å²) in [6.07, 6.45) is -2.96. The Bertz CT molecular complexity index is 643. The molecule has 0 bridgehead atoms. The summed E-state index contributed by atoms with van der Waals surface area (Å²) in [6.45, 7) is 0. The van der Waals surface area contributed by atoms with Gasteiger partial charge in [0.05, 0.1) is 11.6 Å². The Morgan fingerprint density at radius 1 is 1.44 bits per heavy atom. The Labute approximate surface area is 101 Å². The molecule has 4 N–H and O–H groups in total. The summed E-state index contributed by atoms with van der Waals surface area (Å²) in [4.78, 5) is 10.9. The molecular formula is C11H9N3O4. The van der Waals surface area contributed by atoms with E-state index in [2.05, 4.69) is 10.2 Å². The first-order valence-electron chi connectivity index (χ1n) is 5.01. The number of carboxylic acid groups (broad SMARTS) is 1. The fourth-order valence-corrected chi connectivity index (χ4v) is 1.63. The zero-order valence-electron chi connectivity index (χ0n) is 9.03. The lowest BCUT2D eigenvalue weighted by molar-refractivity contribution is 0.0529. The minimum absolute atomic E-state index is 0.175. The van der Waals surface area contributed by atoms with Crippen LogP contribution in [0.15, 0.2) is 18.2 Å². The fraction of sp³-hybridized carbons (Fsp3) is 0.182. The third kappa shape index (κ3) is 1.90. The van der Waals surface area contributed by atoms with Gasteiger partial charge in [0.1, 0.15) is 6.10 Å². The fourth-order valence-electron chi connectivity index (χ4n) is 1.63. The average Bonchev–Trinajstić information content (AvgIpc) is 2.79. The largest absolute Gasteiger partial charge is 0.476 e. The molecule has 0 saturated carbocycles. The number of hydrogen-bond acceptors (Lipinski definition) is 5. The number of carboxylic acids is 1. The topological polar surface area (TPSA) is 130 Å². The Morgan fingerprint density at radius 2 is 2.17 bits per heavy atom. The van der Waals surface area contributed by atoms with Gasteiger partial charge in [-0.05, 0) is 17.7 Å². The van der Waals surface area contributed by atoms with Gasteiger partial charge >= 0.3 is 5.97 Å². The van der Waals surface area contributed by atoms with Crippen LogP contribution in [0.1, 0.15) is 22.2 Å². The van der Waals surface area contributed by atoms with Crippen LogP contribution in [0.3, 0.4) is 0 Å². The van der Waals surface area contributed by atoms with Crippen molar-refractivity contribution in [3.05, 3.63) is 29.5 Å². The molecule has 92 valence electrons. The van der Waals surface area contributed by atoms with E-state index in [1.807, 2.05) is 0 Å². The van der Waals surface area contributed by atoms with E-state index in [1.165, 1.54) is 24.3 Å². The summed E-state index contributed by atoms with van der Waals surface area (Å²) in [6, 6.07) is 5.90. The maximum absolute atomic E-state index is 10.9. The number of fused-ring (bicyclic) bond motifs is 1. The Morgan fingerprint density at radius 3 is 2.78 bits per heavy atom. The van der Waals surface area contributed by atoms with E-state index in [-0.39, 0.29) is 11.3 Å². The van der Waals surface area contributed by atoms with Crippen LogP contribution >= 0.6 is 0 Å². The Balaban J connectivity index is 2.52. The highest BCUT2D eigenvalue weighted by Crippen LogP contribution is 2.23. The number of aromatic amines is 1. The number of nitrogens with one attached hydrogen (secondary N) is 1. The number of aromatic nitrogens is 2. The van der Waals surface area contributed by atoms with Crippen LogP contribution in [0.2, 0.25) is 0 Å². The van der Waals surface area contributed by atoms with Crippen molar-refractivity contribution in [3.63, 3.8) is 0 Å². The number of nitrogens with zero attached hydrogens (tertiary/aromatic N) is 2. The summed E-state index contributed by atoms with van der Waals surface area (Å²) in [5.41, 5.74) is 0.570. The number of aromatic carboxylic acids is 1. The quantitative estimate of drug-likeness (QED) is 0.572. The van der Waals surface area contributed by atoms with Gasteiger partial charge in [0.25, 0.3) is 0 Å². The highest BCUT2D eigenvalue weighted by atomic mass is 16.4. The number of hydrogen-bond donors (Lipinski definition) is 4. The number of aliphatic hydroxyl groups is 2. The number of carbonyl (C=O) groups is 1. The molecule has 0 aliphatic heterocycles. The van der Waals surface area contributed by atoms with Crippen LogP contribution in [0.4, 0.5) is 0 Å². The molecule has 2 unspecified atom stereocenters. The summed E-state index contributed by atoms with van der Waals surface area (Å²) in [7, 11) is 0. The standard InChI is InChI=1S/C11H9N3O4/c12-4-8(15)10(16)5-1-2-7-6(3-5)9(11(17)18)14-13-7/h1-3,8,10,15-16H,(H,13,14)(H,17,18). The van der Waals surface area contributed by atoms with Gasteiger partial charge in [-0.1, -0.05) is 6.07 Å². The highest BCUT2D eigenvalue weighted by Gasteiger charge is 2.20. The first-order valence-corrected chi connectivity index (χ1v) is 5.01. The molecule has 18 heavy (non-hydrogen) atoms. The van der Waals surface area contributed by atoms with Gasteiger partial charge < -0.3 is 15.3 Å². The first kappa shape index (κ1) is 12.0. The molecule has 0 fully saturated rings. The van der Waals surface area contributed by atoms with Crippen molar-refractivity contribution >= 4 is 16.9 Å². The SMILES string of the molecule is N#CC(O)C(O)c1ccc2[nH]nc(C(=O)O)c2c1. The van der Waals surface area contributed by atoms with Crippen LogP contribution < -0.4 is 0 Å². The first-order chi connectivity index (χ1) is 8.54. The van der Waals surface area contributed by atoms with Gasteiger partial charge in [0.2, 0.25) is 0 Å². The van der Waals surface area contributed by atoms with Crippen molar-refractivity contribution in [2.24, 2.45) is 0 Å². The minimum atomic E-state index is -1.57. The van der Waals surface area contributed by atoms with E-state index in [9.17, 15) is 15.0 Å². The van der Waals surface area contributed by atoms with Crippen LogP contribution in [0.5, 0.6) is 0 Å². The van der Waals surface area contributed by atoms with Crippen molar-refractivity contribution < 1.29 is 20.1 Å². The predicted molar refractivity (Wildman–Crippen MR) is 59.6 cm³/mol. The number of nitriles is 1. The number of aliphatic hydroxyl groups excluding tert-OH is 2. The smallest absolute Gasteiger partial charge is 0.357 e. The molecule has 1 aromatic heterocycles. The lowest BCUT2D eigenvalue weighted by Crippen LogP contribution is -2.15. The van der Waals surface area contributed by atoms with Gasteiger partial charge in [-0.25, -0.2) is 4.79 Å². The molecule has 0 radical (unpaired) electrons. The van der Waals surface area contributed by atoms with E-state index >= 15 is 0 Å². The molecule has 2 rings (SSSR count). The lowest BCUT2D eigenvalue weighted by atomic mass is 10.0. The summed E-state index contributed by atoms with van der Waals surface area (Å²) >= 11 is 0. The van der Waals surface area contributed by atoms with Gasteiger partial charge in [0.15, 0.2) is 11.8 Å². The maximum atomic E-state index is 10.9. The van der Waals surface area contributed by atoms with Crippen LogP contribution in [0.25, 0.3) is 10.9 Å². The maximum Gasteiger partial charge on any atom is 0.357 e. The van der Waals surface area contributed by atoms with E-state index in [4.69, 9.17) is 10.4 Å². The Kier molecular flexibility index (Phi) is 2.97. The molecule has 2 atom stereocenters. The molecule has 0 aliphatic rings. The second kappa shape index (κ2) is 4.44. The van der Waals surface area contributed by atoms with E-state index < -0.39 is 18.2 Å². The average molecular weight is 247 g/mol. The predicted octanol–water partition coefficient (Wildman–Crippen LogP) is 0.179. The van der Waals surface area contributed by atoms with Gasteiger partial charge in [-0.3, -0.25) is 5.10 Å². The monoisotopic (exact) mass is 247 g/mol. The molecule has 2 aromatic rings. The zero-order valence-corrected chi connectivity index (χ0v) is 9.03. The highest BCUT2D eigenvalue weighted by molar-refractivity contribution is 6.01. The number of benzene rings is 1. The molecule has 7 heteroatoms. The van der Waals surface area contributed by atoms with E-state index in [0.717, 1.165) is 0 Å². The summed E-state index contributed by atoms with van der Waals surface area (Å²) < 4.78 is 0. The molecule has 0 spiro atoms. The zero-order chi connectivity index (χ0) is 13.3. The normalized spacial score (nSPS) is 14.1. The summed E-state index contributed by atoms with van der Waals surface area (Å²) in [5, 5.41) is 42.8. The molecule has 1 aromatic carbocycles. The molecule has 0 aliphatic carbocycles. The third-order valence-corrected chi connectivity index (χ3v) is 2.56. The van der Waals surface area contributed by atoms with Crippen molar-refractivity contribution in [1.29, 1.82) is 5.26 Å². The van der Waals surface area contributed by atoms with Crippen molar-refractivity contribution in [3.8, 4) is 6.07 Å². The second-order valence-corrected chi connectivity index (χ2v) is 3.70.